The predicted molar refractivity (Wildman–Crippen MR) is 55.2 cm³/mol. The van der Waals surface area contributed by atoms with Crippen LogP contribution in [0.15, 0.2) is 5.38 Å². The Hall–Kier alpha value is -0.940. The van der Waals surface area contributed by atoms with Crippen LogP contribution in [0, 0.1) is 0 Å². The van der Waals surface area contributed by atoms with Gasteiger partial charge >= 0.3 is 5.97 Å². The van der Waals surface area contributed by atoms with Gasteiger partial charge in [0.2, 0.25) is 0 Å². The molecular formula is C9H14N2O2S. The molecule has 0 unspecified atom stereocenters. The summed E-state index contributed by atoms with van der Waals surface area (Å²) in [6.45, 7) is 2.88. The van der Waals surface area contributed by atoms with E-state index in [-0.39, 0.29) is 5.97 Å². The minimum atomic E-state index is -0.352. The van der Waals surface area contributed by atoms with Gasteiger partial charge in [-0.05, 0) is 6.42 Å². The molecule has 2 N–H and O–H groups in total. The van der Waals surface area contributed by atoms with E-state index in [1.54, 1.807) is 5.38 Å². The van der Waals surface area contributed by atoms with E-state index in [9.17, 15) is 4.79 Å². The van der Waals surface area contributed by atoms with Crippen LogP contribution in [-0.4, -0.2) is 17.6 Å². The number of nitrogens with zero attached hydrogens (tertiary/aromatic N) is 1. The molecule has 0 aliphatic rings. The maximum absolute atomic E-state index is 11.3. The smallest absolute Gasteiger partial charge is 0.357 e. The first-order valence-corrected chi connectivity index (χ1v) is 5.47. The molecule has 1 aromatic heterocycles. The monoisotopic (exact) mass is 214 g/mol. The summed E-state index contributed by atoms with van der Waals surface area (Å²) in [6, 6.07) is 0. The number of rotatable bonds is 5. The van der Waals surface area contributed by atoms with Crippen molar-refractivity contribution in [2.75, 3.05) is 6.61 Å². The van der Waals surface area contributed by atoms with Crippen molar-refractivity contribution in [1.29, 1.82) is 0 Å². The summed E-state index contributed by atoms with van der Waals surface area (Å²) in [6.07, 6.45) is 1.90. The lowest BCUT2D eigenvalue weighted by Crippen LogP contribution is -2.07. The van der Waals surface area contributed by atoms with Crippen molar-refractivity contribution in [3.05, 3.63) is 16.1 Å². The zero-order valence-electron chi connectivity index (χ0n) is 8.16. The van der Waals surface area contributed by atoms with E-state index in [2.05, 4.69) is 4.98 Å². The van der Waals surface area contributed by atoms with Crippen LogP contribution < -0.4 is 5.73 Å². The van der Waals surface area contributed by atoms with Crippen molar-refractivity contribution in [2.24, 2.45) is 5.73 Å². The molecule has 0 aliphatic heterocycles. The highest BCUT2D eigenvalue weighted by Crippen LogP contribution is 2.09. The van der Waals surface area contributed by atoms with Crippen molar-refractivity contribution in [3.63, 3.8) is 0 Å². The maximum atomic E-state index is 11.3. The second kappa shape index (κ2) is 5.72. The van der Waals surface area contributed by atoms with E-state index < -0.39 is 0 Å². The summed E-state index contributed by atoms with van der Waals surface area (Å²) in [5.41, 5.74) is 5.75. The van der Waals surface area contributed by atoms with Crippen molar-refractivity contribution < 1.29 is 9.53 Å². The average molecular weight is 214 g/mol. The maximum Gasteiger partial charge on any atom is 0.357 e. The molecule has 0 amide bonds. The molecule has 0 saturated heterocycles. The number of hydrogen-bond donors (Lipinski definition) is 1. The fourth-order valence-corrected chi connectivity index (χ4v) is 1.53. The molecule has 0 saturated carbocycles. The standard InChI is InChI=1S/C9H14N2O2S/c1-2-3-4-13-9(12)7-6-14-8(5-10)11-7/h6H,2-5,10H2,1H3. The molecule has 1 rings (SSSR count). The van der Waals surface area contributed by atoms with Crippen LogP contribution in [0.5, 0.6) is 0 Å². The van der Waals surface area contributed by atoms with E-state index in [1.807, 2.05) is 6.92 Å². The van der Waals surface area contributed by atoms with E-state index in [0.29, 0.717) is 18.8 Å². The number of carbonyl (C=O) groups excluding carboxylic acids is 1. The molecule has 1 aromatic rings. The lowest BCUT2D eigenvalue weighted by molar-refractivity contribution is 0.0493. The van der Waals surface area contributed by atoms with Gasteiger partial charge in [0.15, 0.2) is 5.69 Å². The second-order valence-electron chi connectivity index (χ2n) is 2.82. The number of thiazole rings is 1. The van der Waals surface area contributed by atoms with Crippen LogP contribution in [-0.2, 0) is 11.3 Å². The summed E-state index contributed by atoms with van der Waals surface area (Å²) in [5, 5.41) is 2.43. The van der Waals surface area contributed by atoms with Crippen molar-refractivity contribution in [3.8, 4) is 0 Å². The minimum absolute atomic E-state index is 0.352. The highest BCUT2D eigenvalue weighted by molar-refractivity contribution is 7.09. The molecule has 78 valence electrons. The number of hydrogen-bond acceptors (Lipinski definition) is 5. The summed E-state index contributed by atoms with van der Waals surface area (Å²) in [5.74, 6) is -0.352. The molecular weight excluding hydrogens is 200 g/mol. The molecule has 5 heteroatoms. The Labute approximate surface area is 87.1 Å². The quantitative estimate of drug-likeness (QED) is 0.596. The molecule has 0 radical (unpaired) electrons. The molecule has 0 fully saturated rings. The highest BCUT2D eigenvalue weighted by atomic mass is 32.1. The third kappa shape index (κ3) is 3.08. The first kappa shape index (κ1) is 11.1. The Morgan fingerprint density at radius 3 is 3.07 bits per heavy atom. The van der Waals surface area contributed by atoms with E-state index in [1.165, 1.54) is 11.3 Å². The van der Waals surface area contributed by atoms with Gasteiger partial charge < -0.3 is 10.5 Å². The summed E-state index contributed by atoms with van der Waals surface area (Å²) in [4.78, 5) is 15.4. The largest absolute Gasteiger partial charge is 0.461 e. The molecule has 0 aromatic carbocycles. The van der Waals surface area contributed by atoms with Crippen LogP contribution in [0.1, 0.15) is 35.3 Å². The Morgan fingerprint density at radius 1 is 1.71 bits per heavy atom. The summed E-state index contributed by atoms with van der Waals surface area (Å²) < 4.78 is 4.99. The minimum Gasteiger partial charge on any atom is -0.461 e. The van der Waals surface area contributed by atoms with E-state index >= 15 is 0 Å². The number of unbranched alkanes of at least 4 members (excludes halogenated alkanes) is 1. The van der Waals surface area contributed by atoms with Crippen LogP contribution in [0.4, 0.5) is 0 Å². The summed E-state index contributed by atoms with van der Waals surface area (Å²) in [7, 11) is 0. The highest BCUT2D eigenvalue weighted by Gasteiger charge is 2.10. The molecule has 0 atom stereocenters. The van der Waals surface area contributed by atoms with Crippen molar-refractivity contribution >= 4 is 17.3 Å². The Balaban J connectivity index is 2.44. The van der Waals surface area contributed by atoms with Gasteiger partial charge in [0.05, 0.1) is 6.61 Å². The van der Waals surface area contributed by atoms with Gasteiger partial charge in [-0.1, -0.05) is 13.3 Å². The predicted octanol–water partition coefficient (Wildman–Crippen LogP) is 1.56. The van der Waals surface area contributed by atoms with Gasteiger partial charge in [-0.15, -0.1) is 11.3 Å². The fraction of sp³-hybridized carbons (Fsp3) is 0.556. The van der Waals surface area contributed by atoms with Gasteiger partial charge in [-0.25, -0.2) is 9.78 Å². The Bertz CT molecular complexity index is 299. The lowest BCUT2D eigenvalue weighted by atomic mass is 10.4. The first-order chi connectivity index (χ1) is 6.77. The molecule has 14 heavy (non-hydrogen) atoms. The van der Waals surface area contributed by atoms with Gasteiger partial charge in [0, 0.05) is 11.9 Å². The second-order valence-corrected chi connectivity index (χ2v) is 3.76. The van der Waals surface area contributed by atoms with E-state index in [0.717, 1.165) is 17.8 Å². The average Bonchev–Trinajstić information content (AvgIpc) is 2.66. The zero-order chi connectivity index (χ0) is 10.4. The lowest BCUT2D eigenvalue weighted by Gasteiger charge is -1.99. The Morgan fingerprint density at radius 2 is 2.50 bits per heavy atom. The van der Waals surface area contributed by atoms with Gasteiger partial charge in [0.25, 0.3) is 0 Å². The van der Waals surface area contributed by atoms with Crippen molar-refractivity contribution in [2.45, 2.75) is 26.3 Å². The SMILES string of the molecule is CCCCOC(=O)c1csc(CN)n1. The van der Waals surface area contributed by atoms with Crippen molar-refractivity contribution in [1.82, 2.24) is 4.98 Å². The number of esters is 1. The molecule has 0 bridgehead atoms. The molecule has 0 spiro atoms. The third-order valence-corrected chi connectivity index (χ3v) is 2.54. The number of carbonyl (C=O) groups is 1. The van der Waals surface area contributed by atoms with Gasteiger partial charge in [-0.3, -0.25) is 0 Å². The van der Waals surface area contributed by atoms with Crippen LogP contribution in [0.2, 0.25) is 0 Å². The Kier molecular flexibility index (Phi) is 4.55. The van der Waals surface area contributed by atoms with Crippen LogP contribution in [0.3, 0.4) is 0 Å². The zero-order valence-corrected chi connectivity index (χ0v) is 8.97. The topological polar surface area (TPSA) is 65.2 Å². The fourth-order valence-electron chi connectivity index (χ4n) is 0.882. The van der Waals surface area contributed by atoms with Gasteiger partial charge in [-0.2, -0.15) is 0 Å². The number of ether oxygens (including phenoxy) is 1. The van der Waals surface area contributed by atoms with Crippen LogP contribution >= 0.6 is 11.3 Å². The summed E-state index contributed by atoms with van der Waals surface area (Å²) >= 11 is 1.38. The van der Waals surface area contributed by atoms with Crippen LogP contribution in [0.25, 0.3) is 0 Å². The molecule has 4 nitrogen and oxygen atoms in total. The normalized spacial score (nSPS) is 10.1. The number of nitrogens with two attached hydrogens (primary N) is 1. The van der Waals surface area contributed by atoms with Gasteiger partial charge in [0.1, 0.15) is 5.01 Å². The molecule has 1 heterocycles. The number of aromatic nitrogens is 1. The van der Waals surface area contributed by atoms with E-state index in [4.69, 9.17) is 10.5 Å². The molecule has 0 aliphatic carbocycles. The third-order valence-electron chi connectivity index (χ3n) is 1.67. The first-order valence-electron chi connectivity index (χ1n) is 4.59.